The lowest BCUT2D eigenvalue weighted by Crippen LogP contribution is -2.11. The van der Waals surface area contributed by atoms with Crippen LogP contribution in [0.1, 0.15) is 42.6 Å². The van der Waals surface area contributed by atoms with E-state index >= 15 is 0 Å². The largest absolute Gasteiger partial charge is 0.486 e. The highest BCUT2D eigenvalue weighted by molar-refractivity contribution is 7.99. The molecular weight excluding hydrogens is 430 g/mol. The zero-order valence-electron chi connectivity index (χ0n) is 19.0. The number of amides is 1. The summed E-state index contributed by atoms with van der Waals surface area (Å²) in [7, 11) is 0. The Morgan fingerprint density at radius 3 is 2.30 bits per heavy atom. The summed E-state index contributed by atoms with van der Waals surface area (Å²) in [6.45, 7) is 6.79. The van der Waals surface area contributed by atoms with Crippen LogP contribution in [-0.2, 0) is 12.0 Å². The van der Waals surface area contributed by atoms with Gasteiger partial charge in [-0.05, 0) is 59.5 Å². The number of nitrogens with one attached hydrogen (secondary N) is 1. The van der Waals surface area contributed by atoms with Crippen molar-refractivity contribution in [3.8, 4) is 5.75 Å². The number of rotatable bonds is 7. The number of para-hydroxylation sites is 1. The molecule has 1 heterocycles. The molecule has 4 aromatic rings. The highest BCUT2D eigenvalue weighted by Crippen LogP contribution is 2.33. The molecule has 0 aliphatic rings. The van der Waals surface area contributed by atoms with Gasteiger partial charge in [0.1, 0.15) is 18.1 Å². The SMILES string of the molecule is CC(C)(C)c1ccc(OCc2ccc(C(=O)Nc3ccccc3Sc3ccccc3)o2)cc1. The number of carbonyl (C=O) groups excluding carboxylic acids is 1. The predicted molar refractivity (Wildman–Crippen MR) is 133 cm³/mol. The van der Waals surface area contributed by atoms with Gasteiger partial charge >= 0.3 is 0 Å². The van der Waals surface area contributed by atoms with Gasteiger partial charge < -0.3 is 14.5 Å². The Morgan fingerprint density at radius 1 is 0.879 bits per heavy atom. The molecule has 4 nitrogen and oxygen atoms in total. The summed E-state index contributed by atoms with van der Waals surface area (Å²) in [5.74, 6) is 1.30. The summed E-state index contributed by atoms with van der Waals surface area (Å²) in [6.07, 6.45) is 0. The molecule has 0 fully saturated rings. The molecule has 5 heteroatoms. The monoisotopic (exact) mass is 457 g/mol. The molecule has 0 aliphatic heterocycles. The third-order valence-electron chi connectivity index (χ3n) is 5.09. The summed E-state index contributed by atoms with van der Waals surface area (Å²) in [4.78, 5) is 14.9. The standard InChI is InChI=1S/C28H27NO3S/c1-28(2,3)20-13-15-21(16-14-20)31-19-22-17-18-25(32-22)27(30)29-24-11-7-8-12-26(24)33-23-9-5-4-6-10-23/h4-18H,19H2,1-3H3,(H,29,30). The van der Waals surface area contributed by atoms with Crippen LogP contribution in [0.15, 0.2) is 105 Å². The molecule has 0 spiro atoms. The van der Waals surface area contributed by atoms with Crippen molar-refractivity contribution in [2.45, 2.75) is 42.6 Å². The molecule has 0 aliphatic carbocycles. The average Bonchev–Trinajstić information content (AvgIpc) is 3.29. The Hall–Kier alpha value is -3.44. The van der Waals surface area contributed by atoms with Gasteiger partial charge in [0.2, 0.25) is 0 Å². The molecular formula is C28H27NO3S. The summed E-state index contributed by atoms with van der Waals surface area (Å²) < 4.78 is 11.6. The number of benzene rings is 3. The molecule has 3 aromatic carbocycles. The van der Waals surface area contributed by atoms with Crippen LogP contribution in [0.3, 0.4) is 0 Å². The number of hydrogen-bond acceptors (Lipinski definition) is 4. The van der Waals surface area contributed by atoms with Crippen LogP contribution >= 0.6 is 11.8 Å². The second-order valence-corrected chi connectivity index (χ2v) is 9.81. The molecule has 0 unspecified atom stereocenters. The number of ether oxygens (including phenoxy) is 1. The number of furan rings is 1. The smallest absolute Gasteiger partial charge is 0.291 e. The van der Waals surface area contributed by atoms with Crippen LogP contribution in [0, 0.1) is 0 Å². The van der Waals surface area contributed by atoms with Crippen LogP contribution in [0.5, 0.6) is 5.75 Å². The van der Waals surface area contributed by atoms with Crippen molar-refractivity contribution in [3.05, 3.63) is 108 Å². The lowest BCUT2D eigenvalue weighted by Gasteiger charge is -2.19. The molecule has 0 bridgehead atoms. The molecule has 0 atom stereocenters. The Kier molecular flexibility index (Phi) is 6.90. The molecule has 0 saturated carbocycles. The van der Waals surface area contributed by atoms with Crippen molar-refractivity contribution in [2.75, 3.05) is 5.32 Å². The van der Waals surface area contributed by atoms with Gasteiger partial charge in [0.05, 0.1) is 5.69 Å². The van der Waals surface area contributed by atoms with Gasteiger partial charge in [-0.2, -0.15) is 0 Å². The fourth-order valence-electron chi connectivity index (χ4n) is 3.24. The highest BCUT2D eigenvalue weighted by Gasteiger charge is 2.15. The molecule has 1 N–H and O–H groups in total. The van der Waals surface area contributed by atoms with Crippen LogP contribution in [0.2, 0.25) is 0 Å². The molecule has 168 valence electrons. The lowest BCUT2D eigenvalue weighted by atomic mass is 9.87. The number of carbonyl (C=O) groups is 1. The van der Waals surface area contributed by atoms with Crippen LogP contribution in [0.25, 0.3) is 0 Å². The number of hydrogen-bond donors (Lipinski definition) is 1. The summed E-state index contributed by atoms with van der Waals surface area (Å²) in [5, 5.41) is 2.96. The van der Waals surface area contributed by atoms with Crippen LogP contribution < -0.4 is 10.1 Å². The van der Waals surface area contributed by atoms with Gasteiger partial charge in [0.25, 0.3) is 5.91 Å². The van der Waals surface area contributed by atoms with E-state index in [2.05, 4.69) is 38.2 Å². The molecule has 4 rings (SSSR count). The third-order valence-corrected chi connectivity index (χ3v) is 6.18. The van der Waals surface area contributed by atoms with Gasteiger partial charge in [-0.1, -0.05) is 75.0 Å². The van der Waals surface area contributed by atoms with E-state index in [0.717, 1.165) is 21.2 Å². The van der Waals surface area contributed by atoms with E-state index in [1.807, 2.05) is 66.7 Å². The molecule has 1 amide bonds. The Morgan fingerprint density at radius 2 is 1.58 bits per heavy atom. The summed E-state index contributed by atoms with van der Waals surface area (Å²) in [5.41, 5.74) is 2.09. The van der Waals surface area contributed by atoms with E-state index in [1.54, 1.807) is 23.9 Å². The van der Waals surface area contributed by atoms with E-state index in [1.165, 1.54) is 5.56 Å². The van der Waals surface area contributed by atoms with E-state index in [4.69, 9.17) is 9.15 Å². The van der Waals surface area contributed by atoms with E-state index in [0.29, 0.717) is 5.76 Å². The fourth-order valence-corrected chi connectivity index (χ4v) is 4.16. The second-order valence-electron chi connectivity index (χ2n) is 8.69. The highest BCUT2D eigenvalue weighted by atomic mass is 32.2. The Balaban J connectivity index is 1.38. The maximum absolute atomic E-state index is 12.8. The summed E-state index contributed by atoms with van der Waals surface area (Å²) >= 11 is 1.60. The first-order chi connectivity index (χ1) is 15.9. The van der Waals surface area contributed by atoms with E-state index < -0.39 is 0 Å². The van der Waals surface area contributed by atoms with Crippen molar-refractivity contribution < 1.29 is 13.9 Å². The molecule has 0 saturated heterocycles. The average molecular weight is 458 g/mol. The first-order valence-corrected chi connectivity index (χ1v) is 11.7. The van der Waals surface area contributed by atoms with Crippen molar-refractivity contribution in [2.24, 2.45) is 0 Å². The fraction of sp³-hybridized carbons (Fsp3) is 0.179. The van der Waals surface area contributed by atoms with Crippen LogP contribution in [0.4, 0.5) is 5.69 Å². The predicted octanol–water partition coefficient (Wildman–Crippen LogP) is 7.56. The quantitative estimate of drug-likeness (QED) is 0.311. The minimum Gasteiger partial charge on any atom is -0.486 e. The van der Waals surface area contributed by atoms with Gasteiger partial charge in [-0.15, -0.1) is 0 Å². The third kappa shape index (κ3) is 6.08. The normalized spacial score (nSPS) is 11.2. The van der Waals surface area contributed by atoms with Crippen LogP contribution in [-0.4, -0.2) is 5.91 Å². The molecule has 33 heavy (non-hydrogen) atoms. The van der Waals surface area contributed by atoms with Crippen molar-refractivity contribution in [3.63, 3.8) is 0 Å². The van der Waals surface area contributed by atoms with Gasteiger partial charge in [0.15, 0.2) is 5.76 Å². The van der Waals surface area contributed by atoms with Gasteiger partial charge in [-0.3, -0.25) is 4.79 Å². The van der Waals surface area contributed by atoms with Crippen molar-refractivity contribution in [1.29, 1.82) is 0 Å². The zero-order chi connectivity index (χ0) is 23.3. The van der Waals surface area contributed by atoms with Gasteiger partial charge in [0, 0.05) is 9.79 Å². The maximum Gasteiger partial charge on any atom is 0.291 e. The second kappa shape index (κ2) is 10.0. The maximum atomic E-state index is 12.8. The molecule has 0 radical (unpaired) electrons. The van der Waals surface area contributed by atoms with E-state index in [-0.39, 0.29) is 23.7 Å². The summed E-state index contributed by atoms with van der Waals surface area (Å²) in [6, 6.07) is 29.3. The zero-order valence-corrected chi connectivity index (χ0v) is 19.8. The Bertz CT molecular complexity index is 1210. The number of anilines is 1. The van der Waals surface area contributed by atoms with E-state index in [9.17, 15) is 4.79 Å². The molecule has 1 aromatic heterocycles. The minimum atomic E-state index is -0.295. The van der Waals surface area contributed by atoms with Gasteiger partial charge in [-0.25, -0.2) is 0 Å². The van der Waals surface area contributed by atoms with Crippen molar-refractivity contribution in [1.82, 2.24) is 0 Å². The lowest BCUT2D eigenvalue weighted by molar-refractivity contribution is 0.0992. The first-order valence-electron chi connectivity index (χ1n) is 10.8. The Labute approximate surface area is 199 Å². The minimum absolute atomic E-state index is 0.0972. The first kappa shape index (κ1) is 22.7. The van der Waals surface area contributed by atoms with Crippen molar-refractivity contribution >= 4 is 23.4 Å². The topological polar surface area (TPSA) is 51.5 Å².